The van der Waals surface area contributed by atoms with E-state index in [0.29, 0.717) is 0 Å². The lowest BCUT2D eigenvalue weighted by Crippen LogP contribution is -2.09. The van der Waals surface area contributed by atoms with Crippen LogP contribution in [-0.2, 0) is 0 Å². The van der Waals surface area contributed by atoms with Crippen molar-refractivity contribution >= 4 is 0 Å². The maximum absolute atomic E-state index is 9.16. The fourth-order valence-electron chi connectivity index (χ4n) is 2.94. The molecule has 82 valence electrons. The van der Waals surface area contributed by atoms with E-state index in [1.807, 2.05) is 36.4 Å². The second-order valence-electron chi connectivity index (χ2n) is 4.56. The second kappa shape index (κ2) is 3.62. The molecule has 0 spiro atoms. The predicted octanol–water partition coefficient (Wildman–Crippen LogP) is 2.04. The van der Waals surface area contributed by atoms with Crippen molar-refractivity contribution in [3.05, 3.63) is 12.2 Å². The van der Waals surface area contributed by atoms with Gasteiger partial charge in [-0.05, 0) is 25.2 Å². The lowest BCUT2D eigenvalue weighted by molar-refractivity contribution is 0.443. The average molecular weight is 222 g/mol. The topological polar surface area (TPSA) is 95.2 Å². The molecule has 0 N–H and O–H groups in total. The number of nitriles is 4. The van der Waals surface area contributed by atoms with Crippen molar-refractivity contribution in [1.29, 1.82) is 21.0 Å². The summed E-state index contributed by atoms with van der Waals surface area (Å²) in [6, 6.07) is 7.61. The molecule has 1 atom stereocenters. The zero-order valence-electron chi connectivity index (χ0n) is 9.22. The minimum absolute atomic E-state index is 0.00218. The van der Waals surface area contributed by atoms with Gasteiger partial charge in [-0.3, -0.25) is 0 Å². The summed E-state index contributed by atoms with van der Waals surface area (Å²) in [6.07, 6.45) is 6.77. The van der Waals surface area contributed by atoms with E-state index in [1.54, 1.807) is 0 Å². The molecule has 0 radical (unpaired) electrons. The van der Waals surface area contributed by atoms with E-state index >= 15 is 0 Å². The Kier molecular flexibility index (Phi) is 2.38. The third kappa shape index (κ3) is 1.13. The summed E-state index contributed by atoms with van der Waals surface area (Å²) in [5.74, 6) is -0.459. The summed E-state index contributed by atoms with van der Waals surface area (Å²) < 4.78 is 0. The van der Waals surface area contributed by atoms with Gasteiger partial charge in [0, 0.05) is 5.92 Å². The molecular formula is C13H10N4. The number of hydrogen-bond donors (Lipinski definition) is 0. The molecule has 0 aromatic rings. The highest BCUT2D eigenvalue weighted by Crippen LogP contribution is 2.71. The lowest BCUT2D eigenvalue weighted by atomic mass is 9.87. The zero-order chi connectivity index (χ0) is 12.5. The first kappa shape index (κ1) is 11.2. The van der Waals surface area contributed by atoms with E-state index in [1.165, 1.54) is 0 Å². The van der Waals surface area contributed by atoms with E-state index in [9.17, 15) is 0 Å². The van der Waals surface area contributed by atoms with Crippen molar-refractivity contribution < 1.29 is 0 Å². The van der Waals surface area contributed by atoms with Gasteiger partial charge in [-0.25, -0.2) is 0 Å². The molecule has 0 aromatic carbocycles. The zero-order valence-corrected chi connectivity index (χ0v) is 9.22. The molecule has 1 unspecified atom stereocenters. The van der Waals surface area contributed by atoms with Gasteiger partial charge in [-0.15, -0.1) is 0 Å². The van der Waals surface area contributed by atoms with Crippen LogP contribution in [0.4, 0.5) is 0 Å². The van der Waals surface area contributed by atoms with Gasteiger partial charge in [-0.1, -0.05) is 12.2 Å². The summed E-state index contributed by atoms with van der Waals surface area (Å²) in [6.45, 7) is 0. The summed E-state index contributed by atoms with van der Waals surface area (Å²) >= 11 is 0. The Balaban J connectivity index is 2.44. The average Bonchev–Trinajstić information content (AvgIpc) is 3.02. The van der Waals surface area contributed by atoms with Gasteiger partial charge in [0.2, 0.25) is 0 Å². The van der Waals surface area contributed by atoms with Crippen molar-refractivity contribution in [3.63, 3.8) is 0 Å². The van der Waals surface area contributed by atoms with Crippen molar-refractivity contribution in [3.8, 4) is 24.3 Å². The van der Waals surface area contributed by atoms with Crippen molar-refractivity contribution in [2.24, 2.45) is 22.7 Å². The van der Waals surface area contributed by atoms with Crippen molar-refractivity contribution in [1.82, 2.24) is 0 Å². The fourth-order valence-corrected chi connectivity index (χ4v) is 2.94. The van der Waals surface area contributed by atoms with Gasteiger partial charge in [0.1, 0.15) is 0 Å². The maximum atomic E-state index is 9.16. The molecule has 2 aliphatic rings. The summed E-state index contributed by atoms with van der Waals surface area (Å²) in [5.41, 5.74) is -2.88. The van der Waals surface area contributed by atoms with E-state index in [4.69, 9.17) is 21.0 Å². The van der Waals surface area contributed by atoms with E-state index in [-0.39, 0.29) is 5.92 Å². The van der Waals surface area contributed by atoms with Crippen LogP contribution >= 0.6 is 0 Å². The predicted molar refractivity (Wildman–Crippen MR) is 57.3 cm³/mol. The van der Waals surface area contributed by atoms with Crippen LogP contribution in [0, 0.1) is 68.0 Å². The van der Waals surface area contributed by atoms with Gasteiger partial charge >= 0.3 is 0 Å². The van der Waals surface area contributed by atoms with Crippen LogP contribution in [0.15, 0.2) is 12.2 Å². The quantitative estimate of drug-likeness (QED) is 0.634. The molecular weight excluding hydrogens is 212 g/mol. The second-order valence-corrected chi connectivity index (χ2v) is 4.56. The third-order valence-corrected chi connectivity index (χ3v) is 3.90. The van der Waals surface area contributed by atoms with E-state index in [2.05, 4.69) is 0 Å². The summed E-state index contributed by atoms with van der Waals surface area (Å²) in [7, 11) is 0. The van der Waals surface area contributed by atoms with Crippen LogP contribution in [0.25, 0.3) is 0 Å². The van der Waals surface area contributed by atoms with Gasteiger partial charge in [-0.2, -0.15) is 21.0 Å². The Morgan fingerprint density at radius 1 is 0.941 bits per heavy atom. The van der Waals surface area contributed by atoms with Crippen molar-refractivity contribution in [2.45, 2.75) is 19.3 Å². The molecule has 2 aliphatic carbocycles. The molecule has 0 bridgehead atoms. The first-order valence-electron chi connectivity index (χ1n) is 5.54. The van der Waals surface area contributed by atoms with Crippen molar-refractivity contribution in [2.75, 3.05) is 0 Å². The smallest absolute Gasteiger partial charge is 0.181 e. The van der Waals surface area contributed by atoms with Crippen LogP contribution in [0.1, 0.15) is 19.3 Å². The number of nitrogens with zero attached hydrogens (tertiary/aromatic N) is 4. The molecule has 1 saturated carbocycles. The van der Waals surface area contributed by atoms with Gasteiger partial charge in [0.25, 0.3) is 0 Å². The molecule has 0 aliphatic heterocycles. The Hall–Kier alpha value is -2.30. The largest absolute Gasteiger partial charge is 0.196 e. The number of allylic oxidation sites excluding steroid dienone is 2. The fraction of sp³-hybridized carbons (Fsp3) is 0.538. The minimum Gasteiger partial charge on any atom is -0.196 e. The Bertz CT molecular complexity index is 466. The van der Waals surface area contributed by atoms with Crippen LogP contribution < -0.4 is 0 Å². The maximum Gasteiger partial charge on any atom is 0.181 e. The molecule has 2 rings (SSSR count). The highest BCUT2D eigenvalue weighted by atomic mass is 14.8. The van der Waals surface area contributed by atoms with Gasteiger partial charge < -0.3 is 0 Å². The molecule has 0 amide bonds. The number of hydrogen-bond acceptors (Lipinski definition) is 4. The summed E-state index contributed by atoms with van der Waals surface area (Å²) in [4.78, 5) is 0. The van der Waals surface area contributed by atoms with E-state index < -0.39 is 16.7 Å². The van der Waals surface area contributed by atoms with Gasteiger partial charge in [0.15, 0.2) is 10.8 Å². The highest BCUT2D eigenvalue weighted by Gasteiger charge is 2.82. The minimum atomic E-state index is -1.44. The van der Waals surface area contributed by atoms with E-state index in [0.717, 1.165) is 19.3 Å². The lowest BCUT2D eigenvalue weighted by Gasteiger charge is -2.15. The molecule has 0 heterocycles. The molecule has 1 fully saturated rings. The normalized spacial score (nSPS) is 28.1. The van der Waals surface area contributed by atoms with Crippen LogP contribution in [-0.4, -0.2) is 0 Å². The molecule has 0 saturated heterocycles. The SMILES string of the molecule is N#CC1(C#N)C(C2C=CCCC2)C1(C#N)C#N. The molecule has 17 heavy (non-hydrogen) atoms. The standard InChI is InChI=1S/C13H10N4/c14-6-12(7-15)11(13(12,8-16)9-17)10-4-2-1-3-5-10/h2,4,10-11H,1,3,5H2. The number of rotatable bonds is 1. The van der Waals surface area contributed by atoms with Crippen LogP contribution in [0.2, 0.25) is 0 Å². The summed E-state index contributed by atoms with van der Waals surface area (Å²) in [5, 5.41) is 36.6. The first-order valence-corrected chi connectivity index (χ1v) is 5.54. The van der Waals surface area contributed by atoms with Gasteiger partial charge in [0.05, 0.1) is 24.3 Å². The third-order valence-electron chi connectivity index (χ3n) is 3.90. The molecule has 4 nitrogen and oxygen atoms in total. The highest BCUT2D eigenvalue weighted by molar-refractivity contribution is 5.52. The first-order chi connectivity index (χ1) is 8.22. The Morgan fingerprint density at radius 2 is 1.47 bits per heavy atom. The van der Waals surface area contributed by atoms with Crippen LogP contribution in [0.5, 0.6) is 0 Å². The Morgan fingerprint density at radius 3 is 1.82 bits per heavy atom. The Labute approximate surface area is 100.0 Å². The monoisotopic (exact) mass is 222 g/mol. The van der Waals surface area contributed by atoms with Crippen LogP contribution in [0.3, 0.4) is 0 Å². The molecule has 0 aromatic heterocycles. The molecule has 4 heteroatoms.